The van der Waals surface area contributed by atoms with Crippen molar-refractivity contribution < 1.29 is 13.9 Å². The molecule has 0 aliphatic carbocycles. The number of hydrogen-bond donors (Lipinski definition) is 0. The Morgan fingerprint density at radius 3 is 2.52 bits per heavy atom. The molecule has 1 heterocycles. The number of benzene rings is 1. The molecule has 0 bridgehead atoms. The van der Waals surface area contributed by atoms with Gasteiger partial charge in [-0.25, -0.2) is 4.98 Å². The van der Waals surface area contributed by atoms with Gasteiger partial charge in [0.1, 0.15) is 0 Å². The number of rotatable bonds is 6. The molecule has 114 valence electrons. The summed E-state index contributed by atoms with van der Waals surface area (Å²) in [5, 5.41) is 1.13. The molecule has 3 nitrogen and oxygen atoms in total. The molecular weight excluding hydrogens is 353 g/mol. The van der Waals surface area contributed by atoms with Crippen molar-refractivity contribution in [3.05, 3.63) is 34.8 Å². The lowest BCUT2D eigenvalue weighted by Crippen LogP contribution is -2.22. The van der Waals surface area contributed by atoms with E-state index in [9.17, 15) is 4.39 Å². The maximum Gasteiger partial charge on any atom is 0.222 e. The summed E-state index contributed by atoms with van der Waals surface area (Å²) in [6.07, 6.45) is 0. The zero-order chi connectivity index (χ0) is 15.5. The van der Waals surface area contributed by atoms with Crippen LogP contribution in [0.15, 0.2) is 28.9 Å². The second-order valence-electron chi connectivity index (χ2n) is 6.05. The Kier molecular flexibility index (Phi) is 5.35. The Bertz CT molecular complexity index is 631. The molecule has 2 rings (SSSR count). The van der Waals surface area contributed by atoms with Crippen molar-refractivity contribution in [2.45, 2.75) is 25.7 Å². The molecule has 0 radical (unpaired) electrons. The largest absolute Gasteiger partial charge is 0.464 e. The summed E-state index contributed by atoms with van der Waals surface area (Å²) < 4.78 is 25.3. The third kappa shape index (κ3) is 4.49. The van der Waals surface area contributed by atoms with Crippen molar-refractivity contribution in [1.82, 2.24) is 4.98 Å². The standard InChI is InChI=1S/C15H19BrFNO2Si/c1-21(2,3)9-8-19-10-20-13-11-6-4-5-7-12(11)15(17)18-14(13)16/h4-7H,8-10H2,1-3H3. The van der Waals surface area contributed by atoms with E-state index in [2.05, 4.69) is 40.6 Å². The van der Waals surface area contributed by atoms with Gasteiger partial charge < -0.3 is 9.47 Å². The van der Waals surface area contributed by atoms with Crippen LogP contribution >= 0.6 is 15.9 Å². The lowest BCUT2D eigenvalue weighted by molar-refractivity contribution is 0.0222. The molecule has 21 heavy (non-hydrogen) atoms. The monoisotopic (exact) mass is 371 g/mol. The summed E-state index contributed by atoms with van der Waals surface area (Å²) in [5.74, 6) is 0.00415. The van der Waals surface area contributed by atoms with E-state index in [4.69, 9.17) is 9.47 Å². The number of aromatic nitrogens is 1. The predicted octanol–water partition coefficient (Wildman–Crippen LogP) is 4.83. The summed E-state index contributed by atoms with van der Waals surface area (Å²) in [5.41, 5.74) is 0. The minimum Gasteiger partial charge on any atom is -0.464 e. The number of fused-ring (bicyclic) bond motifs is 1. The van der Waals surface area contributed by atoms with E-state index in [0.717, 1.165) is 6.04 Å². The quantitative estimate of drug-likeness (QED) is 0.315. The normalized spacial score (nSPS) is 11.9. The van der Waals surface area contributed by atoms with Crippen molar-refractivity contribution in [2.75, 3.05) is 13.4 Å². The molecule has 1 aromatic heterocycles. The number of halogens is 2. The second kappa shape index (κ2) is 6.85. The lowest BCUT2D eigenvalue weighted by Gasteiger charge is -2.16. The Morgan fingerprint density at radius 1 is 1.19 bits per heavy atom. The van der Waals surface area contributed by atoms with Crippen molar-refractivity contribution in [3.8, 4) is 5.75 Å². The summed E-state index contributed by atoms with van der Waals surface area (Å²) in [7, 11) is -1.10. The highest BCUT2D eigenvalue weighted by molar-refractivity contribution is 9.10. The van der Waals surface area contributed by atoms with Crippen molar-refractivity contribution in [3.63, 3.8) is 0 Å². The third-order valence-corrected chi connectivity index (χ3v) is 5.30. The van der Waals surface area contributed by atoms with Crippen LogP contribution < -0.4 is 4.74 Å². The molecule has 0 aliphatic rings. The molecule has 0 spiro atoms. The van der Waals surface area contributed by atoms with Crippen LogP contribution in [0.4, 0.5) is 4.39 Å². The molecule has 1 aromatic carbocycles. The molecule has 6 heteroatoms. The van der Waals surface area contributed by atoms with Gasteiger partial charge in [-0.1, -0.05) is 37.8 Å². The van der Waals surface area contributed by atoms with Gasteiger partial charge in [0, 0.05) is 25.5 Å². The Labute approximate surface area is 133 Å². The average molecular weight is 372 g/mol. The van der Waals surface area contributed by atoms with E-state index in [1.807, 2.05) is 12.1 Å². The molecule has 0 amide bonds. The van der Waals surface area contributed by atoms with Crippen LogP contribution in [-0.4, -0.2) is 26.5 Å². The van der Waals surface area contributed by atoms with Crippen LogP contribution in [0.3, 0.4) is 0 Å². The van der Waals surface area contributed by atoms with Crippen molar-refractivity contribution in [1.29, 1.82) is 0 Å². The summed E-state index contributed by atoms with van der Waals surface area (Å²) in [6.45, 7) is 7.71. The van der Waals surface area contributed by atoms with E-state index in [-0.39, 0.29) is 6.79 Å². The van der Waals surface area contributed by atoms with Crippen LogP contribution in [0.25, 0.3) is 10.8 Å². The number of hydrogen-bond acceptors (Lipinski definition) is 3. The molecule has 0 N–H and O–H groups in total. The lowest BCUT2D eigenvalue weighted by atomic mass is 10.1. The molecule has 2 aromatic rings. The SMILES string of the molecule is C[Si](C)(C)CCOCOc1c(Br)nc(F)c2ccccc12. The van der Waals surface area contributed by atoms with Gasteiger partial charge in [0.05, 0.1) is 0 Å². The van der Waals surface area contributed by atoms with Gasteiger partial charge in [0.25, 0.3) is 0 Å². The molecule has 0 atom stereocenters. The number of ether oxygens (including phenoxy) is 2. The van der Waals surface area contributed by atoms with Gasteiger partial charge in [-0.2, -0.15) is 4.39 Å². The fourth-order valence-corrected chi connectivity index (χ4v) is 3.08. The van der Waals surface area contributed by atoms with E-state index in [1.54, 1.807) is 12.1 Å². The molecular formula is C15H19BrFNO2Si. The molecule has 0 saturated carbocycles. The van der Waals surface area contributed by atoms with Gasteiger partial charge in [-0.15, -0.1) is 0 Å². The van der Waals surface area contributed by atoms with Crippen LogP contribution in [0.5, 0.6) is 5.75 Å². The maximum atomic E-state index is 13.8. The molecule has 0 aliphatic heterocycles. The first-order valence-corrected chi connectivity index (χ1v) is 11.3. The van der Waals surface area contributed by atoms with Crippen LogP contribution in [0.2, 0.25) is 25.7 Å². The summed E-state index contributed by atoms with van der Waals surface area (Å²) >= 11 is 3.24. The smallest absolute Gasteiger partial charge is 0.222 e. The van der Waals surface area contributed by atoms with Gasteiger partial charge >= 0.3 is 0 Å². The predicted molar refractivity (Wildman–Crippen MR) is 89.0 cm³/mol. The van der Waals surface area contributed by atoms with Crippen molar-refractivity contribution >= 4 is 34.8 Å². The Balaban J connectivity index is 2.05. The summed E-state index contributed by atoms with van der Waals surface area (Å²) in [4.78, 5) is 3.82. The first-order chi connectivity index (χ1) is 9.88. The van der Waals surface area contributed by atoms with Crippen molar-refractivity contribution in [2.24, 2.45) is 0 Å². The zero-order valence-electron chi connectivity index (χ0n) is 12.5. The average Bonchev–Trinajstić information content (AvgIpc) is 2.40. The Hall–Kier alpha value is -0.983. The highest BCUT2D eigenvalue weighted by Gasteiger charge is 2.14. The first kappa shape index (κ1) is 16.4. The second-order valence-corrected chi connectivity index (χ2v) is 12.4. The number of pyridine rings is 1. The number of nitrogens with zero attached hydrogens (tertiary/aromatic N) is 1. The van der Waals surface area contributed by atoms with E-state index >= 15 is 0 Å². The highest BCUT2D eigenvalue weighted by Crippen LogP contribution is 2.33. The highest BCUT2D eigenvalue weighted by atomic mass is 79.9. The van der Waals surface area contributed by atoms with Gasteiger partial charge in [0.15, 0.2) is 17.1 Å². The zero-order valence-corrected chi connectivity index (χ0v) is 15.0. The maximum absolute atomic E-state index is 13.8. The Morgan fingerprint density at radius 2 is 1.86 bits per heavy atom. The fraction of sp³-hybridized carbons (Fsp3) is 0.400. The fourth-order valence-electron chi connectivity index (χ4n) is 1.84. The van der Waals surface area contributed by atoms with E-state index in [0.29, 0.717) is 27.7 Å². The van der Waals surface area contributed by atoms with Crippen LogP contribution in [-0.2, 0) is 4.74 Å². The summed E-state index contributed by atoms with van der Waals surface area (Å²) in [6, 6.07) is 8.19. The van der Waals surface area contributed by atoms with Gasteiger partial charge in [-0.3, -0.25) is 0 Å². The van der Waals surface area contributed by atoms with E-state index < -0.39 is 14.0 Å². The minimum absolute atomic E-state index is 0.139. The molecule has 0 saturated heterocycles. The van der Waals surface area contributed by atoms with Gasteiger partial charge in [0.2, 0.25) is 5.95 Å². The first-order valence-electron chi connectivity index (χ1n) is 6.83. The van der Waals surface area contributed by atoms with Gasteiger partial charge in [-0.05, 0) is 28.0 Å². The molecule has 0 unspecified atom stereocenters. The minimum atomic E-state index is -1.10. The third-order valence-electron chi connectivity index (χ3n) is 3.06. The molecule has 0 fully saturated rings. The topological polar surface area (TPSA) is 31.4 Å². The van der Waals surface area contributed by atoms with Crippen LogP contribution in [0.1, 0.15) is 0 Å². The van der Waals surface area contributed by atoms with E-state index in [1.165, 1.54) is 0 Å². The van der Waals surface area contributed by atoms with Crippen LogP contribution in [0, 0.1) is 5.95 Å².